The molecule has 4 nitrogen and oxygen atoms in total. The molecule has 0 amide bonds. The average Bonchev–Trinajstić information content (AvgIpc) is 3.54. The minimum Gasteiger partial charge on any atom is -0.478 e. The van der Waals surface area contributed by atoms with Crippen LogP contribution in [0.4, 0.5) is 0 Å². The Hall–Kier alpha value is -3.24. The third kappa shape index (κ3) is 6.47. The lowest BCUT2D eigenvalue weighted by Crippen LogP contribution is -2.61. The molecule has 0 aromatic heterocycles. The monoisotopic (exact) mass is 642 g/mol. The number of rotatable bonds is 3. The Morgan fingerprint density at radius 3 is 2.09 bits per heavy atom. The van der Waals surface area contributed by atoms with E-state index in [4.69, 9.17) is 4.74 Å². The van der Waals surface area contributed by atoms with Gasteiger partial charge >= 0.3 is 11.9 Å². The summed E-state index contributed by atoms with van der Waals surface area (Å²) in [5.74, 6) is 2.62. The molecule has 4 heteroatoms. The summed E-state index contributed by atoms with van der Waals surface area (Å²) in [6, 6.07) is 7.56. The predicted molar refractivity (Wildman–Crippen MR) is 196 cm³/mol. The van der Waals surface area contributed by atoms with Crippen molar-refractivity contribution in [1.29, 1.82) is 0 Å². The lowest BCUT2D eigenvalue weighted by Gasteiger charge is -2.69. The maximum absolute atomic E-state index is 13.0. The summed E-state index contributed by atoms with van der Waals surface area (Å²) in [4.78, 5) is 24.7. The standard InChI is InChI=1S/C34H46O4.C3H6.C2H6.2C2H2/c1-31(2)26(21-8-6-9-22(20-21)29(35)36)15-17-32(3)27-12-11-24-23(25(27)13-18-33(31,32)4)14-19-34(30(37)38-5)16-7-10-28(24)34;1-3-2;3*1-2/h6,8-9,15,20,23-25,27-28H,7,10-14,16-19H2,1-5H3,(H,35,36);3H,1H2,2H3;1-2H3;2*1-2H/t23?,24?,25?,27?,28?,32-,33?,34+;;;;/m1..../s1. The van der Waals surface area contributed by atoms with E-state index in [2.05, 4.69) is 72.1 Å². The van der Waals surface area contributed by atoms with Gasteiger partial charge in [-0.15, -0.1) is 32.3 Å². The molecule has 258 valence electrons. The van der Waals surface area contributed by atoms with Crippen LogP contribution in [0, 0.1) is 76.9 Å². The van der Waals surface area contributed by atoms with Crippen LogP contribution in [0.5, 0.6) is 0 Å². The molecule has 1 aromatic rings. The number of allylic oxidation sites excluding steroid dienone is 3. The molecule has 8 atom stereocenters. The van der Waals surface area contributed by atoms with Crippen molar-refractivity contribution >= 4 is 17.5 Å². The molecule has 1 aromatic carbocycles. The first-order valence-corrected chi connectivity index (χ1v) is 17.8. The molecule has 0 saturated heterocycles. The van der Waals surface area contributed by atoms with Gasteiger partial charge < -0.3 is 9.84 Å². The van der Waals surface area contributed by atoms with Gasteiger partial charge in [-0.05, 0) is 134 Å². The summed E-state index contributed by atoms with van der Waals surface area (Å²) in [7, 11) is 1.59. The maximum Gasteiger partial charge on any atom is 0.335 e. The van der Waals surface area contributed by atoms with Crippen LogP contribution in [0.25, 0.3) is 5.57 Å². The van der Waals surface area contributed by atoms with E-state index in [1.165, 1.54) is 50.5 Å². The highest BCUT2D eigenvalue weighted by Crippen LogP contribution is 2.74. The molecule has 0 aliphatic heterocycles. The molecule has 6 unspecified atom stereocenters. The summed E-state index contributed by atoms with van der Waals surface area (Å²) in [5, 5.41) is 9.61. The van der Waals surface area contributed by atoms with Gasteiger partial charge in [0, 0.05) is 0 Å². The lowest BCUT2D eigenvalue weighted by atomic mass is 9.35. The van der Waals surface area contributed by atoms with E-state index in [-0.39, 0.29) is 27.6 Å². The van der Waals surface area contributed by atoms with Gasteiger partial charge in [0.05, 0.1) is 18.1 Å². The molecule has 0 bridgehead atoms. The number of aromatic carboxylic acids is 1. The van der Waals surface area contributed by atoms with Crippen LogP contribution < -0.4 is 0 Å². The lowest BCUT2D eigenvalue weighted by molar-refractivity contribution is -0.182. The van der Waals surface area contributed by atoms with E-state index < -0.39 is 5.97 Å². The van der Waals surface area contributed by atoms with E-state index in [9.17, 15) is 14.7 Å². The topological polar surface area (TPSA) is 63.6 Å². The normalized spacial score (nSPS) is 35.3. The molecule has 6 rings (SSSR count). The molecular weight excluding hydrogens is 580 g/mol. The number of ether oxygens (including phenoxy) is 1. The number of terminal acetylenes is 2. The number of carbonyl (C=O) groups excluding carboxylic acids is 1. The first-order valence-electron chi connectivity index (χ1n) is 17.8. The number of hydrogen-bond donors (Lipinski definition) is 1. The highest BCUT2D eigenvalue weighted by molar-refractivity contribution is 5.89. The number of esters is 1. The second-order valence-electron chi connectivity index (χ2n) is 14.9. The third-order valence-electron chi connectivity index (χ3n) is 13.6. The van der Waals surface area contributed by atoms with Crippen LogP contribution in [0.15, 0.2) is 43.0 Å². The number of benzene rings is 1. The summed E-state index contributed by atoms with van der Waals surface area (Å²) < 4.78 is 5.39. The van der Waals surface area contributed by atoms with Gasteiger partial charge in [0.1, 0.15) is 0 Å². The fraction of sp³-hybridized carbons (Fsp3) is 0.628. The Labute approximate surface area is 287 Å². The smallest absolute Gasteiger partial charge is 0.335 e. The van der Waals surface area contributed by atoms with Gasteiger partial charge in [-0.25, -0.2) is 4.79 Å². The van der Waals surface area contributed by atoms with Crippen molar-refractivity contribution in [2.24, 2.45) is 51.2 Å². The van der Waals surface area contributed by atoms with Crippen molar-refractivity contribution in [1.82, 2.24) is 0 Å². The predicted octanol–water partition coefficient (Wildman–Crippen LogP) is 10.7. The van der Waals surface area contributed by atoms with Crippen LogP contribution in [0.2, 0.25) is 0 Å². The number of hydrogen-bond acceptors (Lipinski definition) is 3. The number of carboxylic acids is 1. The highest BCUT2D eigenvalue weighted by Gasteiger charge is 2.66. The minimum atomic E-state index is -0.861. The molecule has 0 radical (unpaired) electrons. The molecule has 47 heavy (non-hydrogen) atoms. The molecule has 1 N–H and O–H groups in total. The zero-order chi connectivity index (χ0) is 35.8. The Bertz CT molecular complexity index is 1310. The Morgan fingerprint density at radius 1 is 0.894 bits per heavy atom. The zero-order valence-electron chi connectivity index (χ0n) is 30.6. The van der Waals surface area contributed by atoms with Gasteiger partial charge in [0.2, 0.25) is 0 Å². The van der Waals surface area contributed by atoms with Crippen LogP contribution in [-0.4, -0.2) is 24.2 Å². The van der Waals surface area contributed by atoms with E-state index in [1.807, 2.05) is 32.9 Å². The molecular formula is C43H62O4. The second-order valence-corrected chi connectivity index (χ2v) is 14.9. The molecule has 4 saturated carbocycles. The van der Waals surface area contributed by atoms with Crippen molar-refractivity contribution in [3.05, 3.63) is 54.1 Å². The Balaban J connectivity index is 0.000000782. The number of fused-ring (bicyclic) bond motifs is 7. The molecule has 0 heterocycles. The molecule has 5 aliphatic carbocycles. The van der Waals surface area contributed by atoms with E-state index in [1.54, 1.807) is 19.3 Å². The van der Waals surface area contributed by atoms with Crippen molar-refractivity contribution in [2.75, 3.05) is 7.11 Å². The zero-order valence-corrected chi connectivity index (χ0v) is 30.6. The van der Waals surface area contributed by atoms with Gasteiger partial charge in [-0.2, -0.15) is 0 Å². The van der Waals surface area contributed by atoms with Crippen LogP contribution in [0.3, 0.4) is 0 Å². The van der Waals surface area contributed by atoms with Crippen molar-refractivity contribution < 1.29 is 19.4 Å². The first-order chi connectivity index (χ1) is 22.4. The quantitative estimate of drug-likeness (QED) is 0.202. The van der Waals surface area contributed by atoms with E-state index in [0.29, 0.717) is 23.3 Å². The molecule has 4 fully saturated rings. The van der Waals surface area contributed by atoms with Gasteiger partial charge in [0.25, 0.3) is 0 Å². The van der Waals surface area contributed by atoms with Crippen molar-refractivity contribution in [3.63, 3.8) is 0 Å². The summed E-state index contributed by atoms with van der Waals surface area (Å²) in [6.45, 7) is 19.2. The van der Waals surface area contributed by atoms with E-state index >= 15 is 0 Å². The van der Waals surface area contributed by atoms with Gasteiger partial charge in [0.15, 0.2) is 0 Å². The van der Waals surface area contributed by atoms with Gasteiger partial charge in [-0.3, -0.25) is 4.79 Å². The number of methoxy groups -OCH3 is 1. The van der Waals surface area contributed by atoms with Crippen LogP contribution >= 0.6 is 0 Å². The average molecular weight is 643 g/mol. The fourth-order valence-corrected chi connectivity index (χ4v) is 11.3. The second kappa shape index (κ2) is 16.2. The largest absolute Gasteiger partial charge is 0.478 e. The summed E-state index contributed by atoms with van der Waals surface area (Å²) in [5.41, 5.74) is 2.84. The highest BCUT2D eigenvalue weighted by atomic mass is 16.5. The molecule has 5 aliphatic rings. The summed E-state index contributed by atoms with van der Waals surface area (Å²) in [6.07, 6.45) is 31.9. The number of carboxylic acid groups (broad SMARTS) is 1. The van der Waals surface area contributed by atoms with Crippen molar-refractivity contribution in [3.8, 4) is 25.7 Å². The number of carbonyl (C=O) groups is 2. The minimum absolute atomic E-state index is 0.0585. The fourth-order valence-electron chi connectivity index (χ4n) is 11.3. The SMILES string of the molecule is C#C.C#C.C=CC.CC.COC(=O)[C@]12CCCC1C1CCC3C(CCC4(C)C(C)(C)C(c5cccc(C(=O)O)c5)=CC[C@]34C)C1CC2. The van der Waals surface area contributed by atoms with E-state index in [0.717, 1.165) is 36.7 Å². The Kier molecular flexibility index (Phi) is 13.8. The Morgan fingerprint density at radius 2 is 1.49 bits per heavy atom. The van der Waals surface area contributed by atoms with Crippen molar-refractivity contribution in [2.45, 2.75) is 113 Å². The third-order valence-corrected chi connectivity index (χ3v) is 13.6. The maximum atomic E-state index is 13.0. The first kappa shape index (κ1) is 39.9. The van der Waals surface area contributed by atoms with Gasteiger partial charge in [-0.1, -0.05) is 72.2 Å². The molecule has 0 spiro atoms. The van der Waals surface area contributed by atoms with Crippen LogP contribution in [-0.2, 0) is 9.53 Å². The summed E-state index contributed by atoms with van der Waals surface area (Å²) >= 11 is 0. The van der Waals surface area contributed by atoms with Crippen LogP contribution in [0.1, 0.15) is 129 Å².